The number of ether oxygens (including phenoxy) is 1. The van der Waals surface area contributed by atoms with Gasteiger partial charge in [0.15, 0.2) is 0 Å². The van der Waals surface area contributed by atoms with E-state index in [4.69, 9.17) is 4.74 Å². The number of likely N-dealkylation sites (N-methyl/N-ethyl adjacent to an activating group) is 2. The Morgan fingerprint density at radius 3 is 1.25 bits per heavy atom. The molecule has 0 aliphatic carbocycles. The van der Waals surface area contributed by atoms with Crippen LogP contribution in [0.3, 0.4) is 0 Å². The van der Waals surface area contributed by atoms with Gasteiger partial charge in [0.1, 0.15) is 0 Å². The van der Waals surface area contributed by atoms with E-state index < -0.39 is 0 Å². The molecule has 0 fully saturated rings. The molecule has 0 unspecified atom stereocenters. The molecule has 0 saturated heterocycles. The Morgan fingerprint density at radius 2 is 1.00 bits per heavy atom. The third-order valence-corrected chi connectivity index (χ3v) is 2.89. The number of nitrogens with zero attached hydrogens (tertiary/aromatic N) is 2. The van der Waals surface area contributed by atoms with Gasteiger partial charge in [-0.15, -0.1) is 12.4 Å². The molecule has 16 heavy (non-hydrogen) atoms. The van der Waals surface area contributed by atoms with Gasteiger partial charge in [-0.1, -0.05) is 27.7 Å². The van der Waals surface area contributed by atoms with E-state index in [0.717, 1.165) is 52.5 Å². The SMILES string of the molecule is CCN(CC)CCOCCN(CC)CC.Cl. The van der Waals surface area contributed by atoms with Crippen molar-refractivity contribution in [3.8, 4) is 0 Å². The summed E-state index contributed by atoms with van der Waals surface area (Å²) < 4.78 is 5.62. The van der Waals surface area contributed by atoms with Crippen molar-refractivity contribution < 1.29 is 4.74 Å². The lowest BCUT2D eigenvalue weighted by molar-refractivity contribution is 0.0876. The van der Waals surface area contributed by atoms with Crippen LogP contribution in [0, 0.1) is 0 Å². The molecule has 0 atom stereocenters. The summed E-state index contributed by atoms with van der Waals surface area (Å²) in [5.41, 5.74) is 0. The first-order chi connectivity index (χ1) is 7.28. The molecule has 4 heteroatoms. The van der Waals surface area contributed by atoms with Crippen LogP contribution in [0.4, 0.5) is 0 Å². The van der Waals surface area contributed by atoms with Crippen LogP contribution >= 0.6 is 12.4 Å². The number of rotatable bonds is 10. The summed E-state index contributed by atoms with van der Waals surface area (Å²) in [6.45, 7) is 17.1. The van der Waals surface area contributed by atoms with Crippen LogP contribution in [-0.2, 0) is 4.74 Å². The van der Waals surface area contributed by atoms with E-state index in [2.05, 4.69) is 37.5 Å². The monoisotopic (exact) mass is 252 g/mol. The molecule has 0 saturated carbocycles. The van der Waals surface area contributed by atoms with Gasteiger partial charge in [0.05, 0.1) is 13.2 Å². The molecule has 0 aliphatic heterocycles. The lowest BCUT2D eigenvalue weighted by atomic mass is 10.5. The first kappa shape index (κ1) is 18.5. The van der Waals surface area contributed by atoms with Crippen molar-refractivity contribution in [1.82, 2.24) is 9.80 Å². The van der Waals surface area contributed by atoms with Crippen LogP contribution in [0.1, 0.15) is 27.7 Å². The highest BCUT2D eigenvalue weighted by Crippen LogP contribution is 1.89. The highest BCUT2D eigenvalue weighted by Gasteiger charge is 2.00. The lowest BCUT2D eigenvalue weighted by Gasteiger charge is -2.20. The highest BCUT2D eigenvalue weighted by atomic mass is 35.5. The predicted octanol–water partition coefficient (Wildman–Crippen LogP) is 2.11. The Bertz CT molecular complexity index is 114. The van der Waals surface area contributed by atoms with E-state index in [0.29, 0.717) is 0 Å². The van der Waals surface area contributed by atoms with Crippen LogP contribution in [0.5, 0.6) is 0 Å². The fourth-order valence-corrected chi connectivity index (χ4v) is 1.57. The molecule has 0 heterocycles. The molecule has 3 nitrogen and oxygen atoms in total. The van der Waals surface area contributed by atoms with Crippen LogP contribution in [0.25, 0.3) is 0 Å². The molecule has 100 valence electrons. The summed E-state index contributed by atoms with van der Waals surface area (Å²) in [7, 11) is 0. The van der Waals surface area contributed by atoms with E-state index in [1.165, 1.54) is 0 Å². The van der Waals surface area contributed by atoms with Crippen molar-refractivity contribution >= 4 is 12.4 Å². The van der Waals surface area contributed by atoms with Gasteiger partial charge in [0.25, 0.3) is 0 Å². The van der Waals surface area contributed by atoms with Crippen molar-refractivity contribution in [3.63, 3.8) is 0 Å². The molecule has 0 aromatic heterocycles. The normalized spacial score (nSPS) is 10.9. The van der Waals surface area contributed by atoms with Crippen LogP contribution < -0.4 is 0 Å². The quantitative estimate of drug-likeness (QED) is 0.554. The van der Waals surface area contributed by atoms with E-state index in [1.807, 2.05) is 0 Å². The highest BCUT2D eigenvalue weighted by molar-refractivity contribution is 5.85. The van der Waals surface area contributed by atoms with Crippen molar-refractivity contribution in [2.75, 3.05) is 52.5 Å². The van der Waals surface area contributed by atoms with Crippen molar-refractivity contribution in [2.24, 2.45) is 0 Å². The molecule has 0 aromatic carbocycles. The maximum atomic E-state index is 5.62. The summed E-state index contributed by atoms with van der Waals surface area (Å²) >= 11 is 0. The smallest absolute Gasteiger partial charge is 0.0594 e. The second kappa shape index (κ2) is 13.2. The summed E-state index contributed by atoms with van der Waals surface area (Å²) in [5.74, 6) is 0. The second-order valence-electron chi connectivity index (χ2n) is 3.67. The second-order valence-corrected chi connectivity index (χ2v) is 3.67. The molecule has 0 bridgehead atoms. The summed E-state index contributed by atoms with van der Waals surface area (Å²) in [6.07, 6.45) is 0. The fraction of sp³-hybridized carbons (Fsp3) is 1.00. The first-order valence-electron chi connectivity index (χ1n) is 6.30. The van der Waals surface area contributed by atoms with Crippen LogP contribution in [-0.4, -0.2) is 62.3 Å². The Balaban J connectivity index is 0. The van der Waals surface area contributed by atoms with Gasteiger partial charge in [0.2, 0.25) is 0 Å². The predicted molar refractivity (Wildman–Crippen MR) is 73.6 cm³/mol. The van der Waals surface area contributed by atoms with Crippen LogP contribution in [0.15, 0.2) is 0 Å². The number of hydrogen-bond donors (Lipinski definition) is 0. The van der Waals surface area contributed by atoms with E-state index in [9.17, 15) is 0 Å². The maximum absolute atomic E-state index is 5.62. The van der Waals surface area contributed by atoms with Crippen LogP contribution in [0.2, 0.25) is 0 Å². The van der Waals surface area contributed by atoms with Crippen molar-refractivity contribution in [3.05, 3.63) is 0 Å². The zero-order valence-electron chi connectivity index (χ0n) is 11.4. The Labute approximate surface area is 108 Å². The van der Waals surface area contributed by atoms with Gasteiger partial charge in [-0.05, 0) is 26.2 Å². The van der Waals surface area contributed by atoms with Gasteiger partial charge in [0, 0.05) is 13.1 Å². The van der Waals surface area contributed by atoms with E-state index in [1.54, 1.807) is 0 Å². The molecular formula is C12H29ClN2O. The summed E-state index contributed by atoms with van der Waals surface area (Å²) in [6, 6.07) is 0. The lowest BCUT2D eigenvalue weighted by Crippen LogP contribution is -2.30. The average molecular weight is 253 g/mol. The molecule has 0 spiro atoms. The third-order valence-electron chi connectivity index (χ3n) is 2.89. The minimum Gasteiger partial charge on any atom is -0.379 e. The van der Waals surface area contributed by atoms with E-state index >= 15 is 0 Å². The molecular weight excluding hydrogens is 224 g/mol. The first-order valence-corrected chi connectivity index (χ1v) is 6.30. The molecule has 0 N–H and O–H groups in total. The molecule has 0 rings (SSSR count). The van der Waals surface area contributed by atoms with Gasteiger partial charge in [-0.3, -0.25) is 0 Å². The molecule has 0 radical (unpaired) electrons. The Kier molecular flexibility index (Phi) is 15.3. The number of halogens is 1. The summed E-state index contributed by atoms with van der Waals surface area (Å²) in [4.78, 5) is 4.77. The zero-order chi connectivity index (χ0) is 11.5. The minimum atomic E-state index is 0. The standard InChI is InChI=1S/C12H28N2O.ClH/c1-5-13(6-2)9-11-15-12-10-14(7-3)8-4;/h5-12H2,1-4H3;1H. The number of hydrogen-bond acceptors (Lipinski definition) is 3. The summed E-state index contributed by atoms with van der Waals surface area (Å²) in [5, 5.41) is 0. The van der Waals surface area contributed by atoms with Gasteiger partial charge in [-0.25, -0.2) is 0 Å². The molecule has 0 aliphatic rings. The molecule has 0 amide bonds. The fourth-order valence-electron chi connectivity index (χ4n) is 1.57. The van der Waals surface area contributed by atoms with Crippen molar-refractivity contribution in [2.45, 2.75) is 27.7 Å². The largest absolute Gasteiger partial charge is 0.379 e. The average Bonchev–Trinajstić information content (AvgIpc) is 2.29. The Hall–Kier alpha value is 0.170. The zero-order valence-corrected chi connectivity index (χ0v) is 12.2. The van der Waals surface area contributed by atoms with Gasteiger partial charge in [-0.2, -0.15) is 0 Å². The Morgan fingerprint density at radius 1 is 0.688 bits per heavy atom. The van der Waals surface area contributed by atoms with Gasteiger partial charge >= 0.3 is 0 Å². The molecule has 0 aromatic rings. The topological polar surface area (TPSA) is 15.7 Å². The van der Waals surface area contributed by atoms with E-state index in [-0.39, 0.29) is 12.4 Å². The van der Waals surface area contributed by atoms with Gasteiger partial charge < -0.3 is 14.5 Å². The maximum Gasteiger partial charge on any atom is 0.0594 e. The van der Waals surface area contributed by atoms with Crippen molar-refractivity contribution in [1.29, 1.82) is 0 Å². The third kappa shape index (κ3) is 9.40. The minimum absolute atomic E-state index is 0.